The Morgan fingerprint density at radius 1 is 1.14 bits per heavy atom. The Morgan fingerprint density at radius 2 is 1.77 bits per heavy atom. The van der Waals surface area contributed by atoms with Crippen molar-refractivity contribution in [2.75, 3.05) is 6.54 Å². The fourth-order valence-electron chi connectivity index (χ4n) is 2.24. The molecule has 6 nitrogen and oxygen atoms in total. The van der Waals surface area contributed by atoms with Gasteiger partial charge in [-0.1, -0.05) is 18.6 Å². The first-order valence-electron chi connectivity index (χ1n) is 7.43. The first-order chi connectivity index (χ1) is 10.4. The molecule has 0 amide bonds. The van der Waals surface area contributed by atoms with Crippen LogP contribution in [-0.4, -0.2) is 34.6 Å². The van der Waals surface area contributed by atoms with E-state index in [0.29, 0.717) is 25.8 Å². The Bertz CT molecular complexity index is 487. The highest BCUT2D eigenvalue weighted by Gasteiger charge is 2.24. The van der Waals surface area contributed by atoms with Gasteiger partial charge in [-0.3, -0.25) is 9.59 Å². The van der Waals surface area contributed by atoms with Gasteiger partial charge in [0.2, 0.25) is 0 Å². The number of carboxylic acid groups (broad SMARTS) is 1. The molecule has 0 fully saturated rings. The minimum atomic E-state index is -0.970. The Labute approximate surface area is 130 Å². The van der Waals surface area contributed by atoms with Crippen molar-refractivity contribution in [3.8, 4) is 5.75 Å². The van der Waals surface area contributed by atoms with E-state index in [9.17, 15) is 19.8 Å². The van der Waals surface area contributed by atoms with E-state index in [1.54, 1.807) is 12.1 Å². The number of benzene rings is 1. The largest absolute Gasteiger partial charge is 0.508 e. The maximum atomic E-state index is 12.1. The number of carbonyl (C=O) groups is 2. The summed E-state index contributed by atoms with van der Waals surface area (Å²) in [6.45, 7) is 0.515. The molecule has 0 aliphatic carbocycles. The lowest BCUT2D eigenvalue weighted by Gasteiger charge is -2.15. The van der Waals surface area contributed by atoms with Crippen molar-refractivity contribution in [1.29, 1.82) is 0 Å². The first kappa shape index (κ1) is 18.1. The van der Waals surface area contributed by atoms with Gasteiger partial charge in [0.15, 0.2) is 5.78 Å². The predicted molar refractivity (Wildman–Crippen MR) is 83.4 cm³/mol. The number of phenolic OH excluding ortho intramolecular Hbond substituents is 1. The Hall–Kier alpha value is -1.92. The molecule has 1 aromatic carbocycles. The summed E-state index contributed by atoms with van der Waals surface area (Å²) in [5.74, 6) is -1.78. The number of hydrogen-bond donors (Lipinski definition) is 4. The molecule has 0 bridgehead atoms. The third kappa shape index (κ3) is 6.24. The van der Waals surface area contributed by atoms with Gasteiger partial charge in [-0.15, -0.1) is 0 Å². The van der Waals surface area contributed by atoms with Crippen molar-refractivity contribution in [1.82, 2.24) is 0 Å². The van der Waals surface area contributed by atoms with Gasteiger partial charge >= 0.3 is 5.97 Å². The number of aromatic hydroxyl groups is 1. The fraction of sp³-hybridized carbons (Fsp3) is 0.500. The molecule has 1 aromatic rings. The SMILES string of the molecule is NCCCCC(CC(=O)C(N)Cc1ccc(O)cc1)C(=O)O. The molecule has 6 N–H and O–H groups in total. The second kappa shape index (κ2) is 9.17. The normalized spacial score (nSPS) is 13.5. The molecule has 2 unspecified atom stereocenters. The van der Waals surface area contributed by atoms with E-state index in [1.807, 2.05) is 0 Å². The molecular formula is C16H24N2O4. The molecule has 122 valence electrons. The van der Waals surface area contributed by atoms with E-state index in [-0.39, 0.29) is 18.0 Å². The summed E-state index contributed by atoms with van der Waals surface area (Å²) in [6.07, 6.45) is 2.14. The van der Waals surface area contributed by atoms with Crippen molar-refractivity contribution in [2.24, 2.45) is 17.4 Å². The van der Waals surface area contributed by atoms with Crippen LogP contribution in [0.25, 0.3) is 0 Å². The highest BCUT2D eigenvalue weighted by Crippen LogP contribution is 2.16. The van der Waals surface area contributed by atoms with Crippen molar-refractivity contribution < 1.29 is 19.8 Å². The molecule has 6 heteroatoms. The number of ketones is 1. The predicted octanol–water partition coefficient (Wildman–Crippen LogP) is 1.05. The molecule has 0 aliphatic heterocycles. The molecule has 22 heavy (non-hydrogen) atoms. The van der Waals surface area contributed by atoms with Crippen LogP contribution in [0.5, 0.6) is 5.75 Å². The van der Waals surface area contributed by atoms with Crippen LogP contribution in [0.15, 0.2) is 24.3 Å². The fourth-order valence-corrected chi connectivity index (χ4v) is 2.24. The van der Waals surface area contributed by atoms with Gasteiger partial charge in [0.1, 0.15) is 5.75 Å². The number of phenols is 1. The maximum Gasteiger partial charge on any atom is 0.306 e. The standard InChI is InChI=1S/C16H24N2O4/c17-8-2-1-3-12(16(21)22)10-15(20)14(18)9-11-4-6-13(19)7-5-11/h4-7,12,14,19H,1-3,8-10,17-18H2,(H,21,22). The summed E-state index contributed by atoms with van der Waals surface area (Å²) >= 11 is 0. The van der Waals surface area contributed by atoms with Gasteiger partial charge in [-0.2, -0.15) is 0 Å². The smallest absolute Gasteiger partial charge is 0.306 e. The summed E-state index contributed by atoms with van der Waals surface area (Å²) < 4.78 is 0. The van der Waals surface area contributed by atoms with Crippen LogP contribution in [0.3, 0.4) is 0 Å². The van der Waals surface area contributed by atoms with Gasteiger partial charge in [0.25, 0.3) is 0 Å². The number of carbonyl (C=O) groups excluding carboxylic acids is 1. The lowest BCUT2D eigenvalue weighted by Crippen LogP contribution is -2.35. The first-order valence-corrected chi connectivity index (χ1v) is 7.43. The molecule has 0 spiro atoms. The highest BCUT2D eigenvalue weighted by molar-refractivity contribution is 5.87. The van der Waals surface area contributed by atoms with E-state index in [2.05, 4.69) is 0 Å². The van der Waals surface area contributed by atoms with Crippen LogP contribution in [-0.2, 0) is 16.0 Å². The van der Waals surface area contributed by atoms with Gasteiger partial charge in [-0.05, 0) is 43.5 Å². The minimum Gasteiger partial charge on any atom is -0.508 e. The van der Waals surface area contributed by atoms with Crippen molar-refractivity contribution >= 4 is 11.8 Å². The lowest BCUT2D eigenvalue weighted by molar-refractivity contribution is -0.144. The topological polar surface area (TPSA) is 127 Å². The molecule has 0 aromatic heterocycles. The Morgan fingerprint density at radius 3 is 2.32 bits per heavy atom. The van der Waals surface area contributed by atoms with Crippen LogP contribution in [0.1, 0.15) is 31.2 Å². The van der Waals surface area contributed by atoms with E-state index >= 15 is 0 Å². The average Bonchev–Trinajstić information content (AvgIpc) is 2.48. The number of nitrogens with two attached hydrogens (primary N) is 2. The number of carboxylic acids is 1. The number of unbranched alkanes of at least 4 members (excludes halogenated alkanes) is 1. The van der Waals surface area contributed by atoms with Crippen molar-refractivity contribution in [2.45, 2.75) is 38.1 Å². The molecule has 0 aliphatic rings. The summed E-state index contributed by atoms with van der Waals surface area (Å²) in [5.41, 5.74) is 12.1. The maximum absolute atomic E-state index is 12.1. The van der Waals surface area contributed by atoms with Gasteiger partial charge in [-0.25, -0.2) is 0 Å². The van der Waals surface area contributed by atoms with Crippen LogP contribution in [0.2, 0.25) is 0 Å². The lowest BCUT2D eigenvalue weighted by atomic mass is 9.92. The van der Waals surface area contributed by atoms with Crippen LogP contribution in [0.4, 0.5) is 0 Å². The monoisotopic (exact) mass is 308 g/mol. The van der Waals surface area contributed by atoms with E-state index in [1.165, 1.54) is 12.1 Å². The summed E-state index contributed by atoms with van der Waals surface area (Å²) in [6, 6.07) is 5.70. The molecule has 1 rings (SSSR count). The average molecular weight is 308 g/mol. The number of rotatable bonds is 10. The van der Waals surface area contributed by atoms with E-state index in [0.717, 1.165) is 12.0 Å². The zero-order valence-electron chi connectivity index (χ0n) is 12.6. The van der Waals surface area contributed by atoms with E-state index in [4.69, 9.17) is 11.5 Å². The molecular weight excluding hydrogens is 284 g/mol. The zero-order chi connectivity index (χ0) is 16.5. The summed E-state index contributed by atoms with van der Waals surface area (Å²) in [4.78, 5) is 23.3. The number of aliphatic carboxylic acids is 1. The quantitative estimate of drug-likeness (QED) is 0.478. The third-order valence-electron chi connectivity index (χ3n) is 3.61. The molecule has 0 saturated carbocycles. The van der Waals surface area contributed by atoms with Gasteiger partial charge < -0.3 is 21.7 Å². The summed E-state index contributed by atoms with van der Waals surface area (Å²) in [5, 5.41) is 18.4. The number of hydrogen-bond acceptors (Lipinski definition) is 5. The highest BCUT2D eigenvalue weighted by atomic mass is 16.4. The van der Waals surface area contributed by atoms with Crippen LogP contribution >= 0.6 is 0 Å². The Kier molecular flexibility index (Phi) is 7.56. The van der Waals surface area contributed by atoms with Crippen LogP contribution < -0.4 is 11.5 Å². The van der Waals surface area contributed by atoms with Gasteiger partial charge in [0.05, 0.1) is 12.0 Å². The van der Waals surface area contributed by atoms with Crippen LogP contribution in [0, 0.1) is 5.92 Å². The van der Waals surface area contributed by atoms with Crippen molar-refractivity contribution in [3.63, 3.8) is 0 Å². The molecule has 0 saturated heterocycles. The summed E-state index contributed by atoms with van der Waals surface area (Å²) in [7, 11) is 0. The molecule has 2 atom stereocenters. The van der Waals surface area contributed by atoms with E-state index < -0.39 is 17.9 Å². The minimum absolute atomic E-state index is 0.0564. The Balaban J connectivity index is 2.53. The molecule has 0 heterocycles. The number of Topliss-reactive ketones (excluding diaryl/α,β-unsaturated/α-hetero) is 1. The second-order valence-corrected chi connectivity index (χ2v) is 5.47. The second-order valence-electron chi connectivity index (χ2n) is 5.47. The molecule has 0 radical (unpaired) electrons. The third-order valence-corrected chi connectivity index (χ3v) is 3.61. The zero-order valence-corrected chi connectivity index (χ0v) is 12.6. The van der Waals surface area contributed by atoms with Crippen molar-refractivity contribution in [3.05, 3.63) is 29.8 Å². The van der Waals surface area contributed by atoms with Gasteiger partial charge in [0, 0.05) is 6.42 Å².